The summed E-state index contributed by atoms with van der Waals surface area (Å²) in [5.41, 5.74) is 1.64. The van der Waals surface area contributed by atoms with Gasteiger partial charge in [0.2, 0.25) is 0 Å². The summed E-state index contributed by atoms with van der Waals surface area (Å²) in [4.78, 5) is 24.7. The molecule has 144 valence electrons. The molecule has 1 aromatic carbocycles. The number of ether oxygens (including phenoxy) is 2. The molecule has 0 aliphatic heterocycles. The van der Waals surface area contributed by atoms with Gasteiger partial charge in [0.25, 0.3) is 0 Å². The second-order valence-corrected chi connectivity index (χ2v) is 7.40. The molecule has 0 saturated heterocycles. The number of hydrogen-bond donors (Lipinski definition) is 2. The molecule has 6 nitrogen and oxygen atoms in total. The summed E-state index contributed by atoms with van der Waals surface area (Å²) < 4.78 is 9.96. The van der Waals surface area contributed by atoms with Gasteiger partial charge in [-0.3, -0.25) is 0 Å². The van der Waals surface area contributed by atoms with E-state index in [9.17, 15) is 9.59 Å². The molecule has 0 saturated carbocycles. The quantitative estimate of drug-likeness (QED) is 0.395. The number of carbonyl (C=O) groups is 2. The Bertz CT molecular complexity index is 816. The van der Waals surface area contributed by atoms with Crippen LogP contribution in [-0.2, 0) is 9.47 Å². The number of hydrogen-bond acceptors (Lipinski definition) is 6. The Morgan fingerprint density at radius 3 is 2.48 bits per heavy atom. The third-order valence-electron chi connectivity index (χ3n) is 3.60. The summed E-state index contributed by atoms with van der Waals surface area (Å²) in [7, 11) is 1.34. The summed E-state index contributed by atoms with van der Waals surface area (Å²) in [6, 6.07) is 8.58. The van der Waals surface area contributed by atoms with Gasteiger partial charge in [-0.25, -0.2) is 9.59 Å². The first-order valence-electron chi connectivity index (χ1n) is 8.48. The molecule has 1 heterocycles. The normalized spacial score (nSPS) is 10.2. The van der Waals surface area contributed by atoms with Gasteiger partial charge in [-0.2, -0.15) is 0 Å². The third-order valence-corrected chi connectivity index (χ3v) is 4.77. The highest BCUT2D eigenvalue weighted by Crippen LogP contribution is 2.28. The summed E-state index contributed by atoms with van der Waals surface area (Å²) in [5.74, 6) is -0.761. The molecule has 0 atom stereocenters. The highest BCUT2D eigenvalue weighted by molar-refractivity contribution is 7.80. The number of rotatable bonds is 7. The minimum Gasteiger partial charge on any atom is -0.465 e. The summed E-state index contributed by atoms with van der Waals surface area (Å²) in [5, 5.41) is 6.99. The van der Waals surface area contributed by atoms with Crippen LogP contribution in [0.15, 0.2) is 30.3 Å². The number of anilines is 2. The SMILES string of the molecule is CCCCOC(=O)c1ccc(NC(=S)Nc2sc(C)cc2C(=O)OC)cc1. The fraction of sp³-hybridized carbons (Fsp3) is 0.316. The molecule has 2 aromatic rings. The van der Waals surface area contributed by atoms with E-state index in [1.165, 1.54) is 18.4 Å². The maximum absolute atomic E-state index is 11.9. The van der Waals surface area contributed by atoms with Gasteiger partial charge in [0, 0.05) is 10.6 Å². The minimum absolute atomic E-state index is 0.334. The Balaban J connectivity index is 1.96. The number of esters is 2. The lowest BCUT2D eigenvalue weighted by Gasteiger charge is -2.11. The number of benzene rings is 1. The van der Waals surface area contributed by atoms with Crippen LogP contribution in [0, 0.1) is 6.92 Å². The van der Waals surface area contributed by atoms with Crippen molar-refractivity contribution in [3.8, 4) is 0 Å². The number of nitrogens with one attached hydrogen (secondary N) is 2. The number of carbonyl (C=O) groups excluding carboxylic acids is 2. The van der Waals surface area contributed by atoms with Crippen LogP contribution in [0.5, 0.6) is 0 Å². The zero-order chi connectivity index (χ0) is 19.8. The van der Waals surface area contributed by atoms with Gasteiger partial charge in [-0.15, -0.1) is 11.3 Å². The van der Waals surface area contributed by atoms with Crippen molar-refractivity contribution < 1.29 is 19.1 Å². The molecule has 0 amide bonds. The van der Waals surface area contributed by atoms with Crippen molar-refractivity contribution >= 4 is 51.3 Å². The first-order chi connectivity index (χ1) is 12.9. The van der Waals surface area contributed by atoms with Gasteiger partial charge >= 0.3 is 11.9 Å². The van der Waals surface area contributed by atoms with E-state index in [1.54, 1.807) is 30.3 Å². The van der Waals surface area contributed by atoms with Crippen molar-refractivity contribution in [1.29, 1.82) is 0 Å². The highest BCUT2D eigenvalue weighted by Gasteiger charge is 2.16. The van der Waals surface area contributed by atoms with Gasteiger partial charge in [0.1, 0.15) is 5.00 Å². The number of thiophene rings is 1. The van der Waals surface area contributed by atoms with E-state index < -0.39 is 5.97 Å². The predicted octanol–water partition coefficient (Wildman–Crippen LogP) is 4.61. The average molecular weight is 407 g/mol. The lowest BCUT2D eigenvalue weighted by atomic mass is 10.2. The Morgan fingerprint density at radius 1 is 1.15 bits per heavy atom. The molecule has 0 bridgehead atoms. The van der Waals surface area contributed by atoms with Crippen molar-refractivity contribution in [3.05, 3.63) is 46.3 Å². The van der Waals surface area contributed by atoms with E-state index in [0.29, 0.717) is 33.5 Å². The van der Waals surface area contributed by atoms with Crippen LogP contribution in [0.1, 0.15) is 45.4 Å². The first-order valence-corrected chi connectivity index (χ1v) is 9.71. The van der Waals surface area contributed by atoms with Gasteiger partial charge < -0.3 is 20.1 Å². The molecule has 2 rings (SSSR count). The van der Waals surface area contributed by atoms with Gasteiger partial charge in [0.05, 0.1) is 24.8 Å². The number of aryl methyl sites for hydroxylation is 1. The van der Waals surface area contributed by atoms with E-state index in [1.807, 2.05) is 13.8 Å². The van der Waals surface area contributed by atoms with Crippen LogP contribution in [0.25, 0.3) is 0 Å². The summed E-state index contributed by atoms with van der Waals surface area (Å²) in [6.07, 6.45) is 1.82. The number of unbranched alkanes of at least 4 members (excludes halogenated alkanes) is 1. The van der Waals surface area contributed by atoms with Crippen LogP contribution in [-0.4, -0.2) is 30.8 Å². The third kappa shape index (κ3) is 6.04. The van der Waals surface area contributed by atoms with Crippen molar-refractivity contribution in [2.45, 2.75) is 26.7 Å². The molecule has 0 aliphatic rings. The smallest absolute Gasteiger partial charge is 0.340 e. The first kappa shape index (κ1) is 20.9. The monoisotopic (exact) mass is 406 g/mol. The van der Waals surface area contributed by atoms with Crippen LogP contribution >= 0.6 is 23.6 Å². The second kappa shape index (κ2) is 10.0. The Morgan fingerprint density at radius 2 is 1.85 bits per heavy atom. The van der Waals surface area contributed by atoms with E-state index in [0.717, 1.165) is 17.7 Å². The van der Waals surface area contributed by atoms with E-state index in [-0.39, 0.29) is 5.97 Å². The van der Waals surface area contributed by atoms with Crippen molar-refractivity contribution in [3.63, 3.8) is 0 Å². The largest absolute Gasteiger partial charge is 0.465 e. The predicted molar refractivity (Wildman–Crippen MR) is 112 cm³/mol. The summed E-state index contributed by atoms with van der Waals surface area (Å²) in [6.45, 7) is 4.36. The second-order valence-electron chi connectivity index (χ2n) is 5.74. The van der Waals surface area contributed by atoms with Crippen molar-refractivity contribution in [2.75, 3.05) is 24.4 Å². The van der Waals surface area contributed by atoms with Gasteiger partial charge in [0.15, 0.2) is 5.11 Å². The Kier molecular flexibility index (Phi) is 7.75. The molecule has 1 aromatic heterocycles. The molecular formula is C19H22N2O4S2. The minimum atomic E-state index is -0.421. The zero-order valence-corrected chi connectivity index (χ0v) is 17.1. The average Bonchev–Trinajstić information content (AvgIpc) is 3.01. The standard InChI is InChI=1S/C19H22N2O4S2/c1-4-5-10-25-17(22)13-6-8-14(9-7-13)20-19(26)21-16-15(18(23)24-3)11-12(2)27-16/h6-9,11H,4-5,10H2,1-3H3,(H2,20,21,26). The van der Waals surface area contributed by atoms with Crippen LogP contribution in [0.4, 0.5) is 10.7 Å². The highest BCUT2D eigenvalue weighted by atomic mass is 32.1. The van der Waals surface area contributed by atoms with Crippen LogP contribution < -0.4 is 10.6 Å². The molecule has 0 fully saturated rings. The lowest BCUT2D eigenvalue weighted by Crippen LogP contribution is -2.20. The summed E-state index contributed by atoms with van der Waals surface area (Å²) >= 11 is 6.72. The lowest BCUT2D eigenvalue weighted by molar-refractivity contribution is 0.0499. The van der Waals surface area contributed by atoms with E-state index in [2.05, 4.69) is 10.6 Å². The van der Waals surface area contributed by atoms with Gasteiger partial charge in [-0.1, -0.05) is 13.3 Å². The number of thiocarbonyl (C=S) groups is 1. The maximum Gasteiger partial charge on any atom is 0.340 e. The topological polar surface area (TPSA) is 76.7 Å². The molecule has 0 spiro atoms. The Labute approximate surface area is 167 Å². The molecule has 0 radical (unpaired) electrons. The molecule has 0 unspecified atom stereocenters. The van der Waals surface area contributed by atoms with Crippen molar-refractivity contribution in [1.82, 2.24) is 0 Å². The fourth-order valence-electron chi connectivity index (χ4n) is 2.22. The molecule has 27 heavy (non-hydrogen) atoms. The van der Waals surface area contributed by atoms with Gasteiger partial charge in [-0.05, 0) is 55.9 Å². The zero-order valence-electron chi connectivity index (χ0n) is 15.5. The molecular weight excluding hydrogens is 384 g/mol. The fourth-order valence-corrected chi connectivity index (χ4v) is 3.40. The van der Waals surface area contributed by atoms with Crippen LogP contribution in [0.3, 0.4) is 0 Å². The van der Waals surface area contributed by atoms with Crippen LogP contribution in [0.2, 0.25) is 0 Å². The van der Waals surface area contributed by atoms with Crippen molar-refractivity contribution in [2.24, 2.45) is 0 Å². The molecule has 2 N–H and O–H groups in total. The molecule has 8 heteroatoms. The maximum atomic E-state index is 11.9. The number of methoxy groups -OCH3 is 1. The Hall–Kier alpha value is -2.45. The van der Waals surface area contributed by atoms with E-state index in [4.69, 9.17) is 21.7 Å². The molecule has 0 aliphatic carbocycles. The van der Waals surface area contributed by atoms with E-state index >= 15 is 0 Å².